The number of amides is 1. The molecule has 0 radical (unpaired) electrons. The van der Waals surface area contributed by atoms with Gasteiger partial charge in [0.05, 0.1) is 16.8 Å². The van der Waals surface area contributed by atoms with Crippen LogP contribution < -0.4 is 10.9 Å². The first-order valence-corrected chi connectivity index (χ1v) is 8.88. The van der Waals surface area contributed by atoms with Gasteiger partial charge in [0.15, 0.2) is 0 Å². The van der Waals surface area contributed by atoms with E-state index in [0.717, 1.165) is 6.07 Å². The zero-order valence-corrected chi connectivity index (χ0v) is 16.0. The molecule has 0 aliphatic carbocycles. The van der Waals surface area contributed by atoms with Gasteiger partial charge in [0.25, 0.3) is 11.5 Å². The van der Waals surface area contributed by atoms with Gasteiger partial charge in [-0.3, -0.25) is 19.1 Å². The molecule has 0 aliphatic rings. The number of benzene rings is 1. The molecule has 0 atom stereocenters. The summed E-state index contributed by atoms with van der Waals surface area (Å²) < 4.78 is 40.9. The van der Waals surface area contributed by atoms with Crippen molar-refractivity contribution in [1.82, 2.24) is 14.5 Å². The van der Waals surface area contributed by atoms with Crippen molar-refractivity contribution in [1.29, 1.82) is 0 Å². The van der Waals surface area contributed by atoms with E-state index in [1.165, 1.54) is 35.0 Å². The van der Waals surface area contributed by atoms with Crippen LogP contribution in [0.25, 0.3) is 5.95 Å². The van der Waals surface area contributed by atoms with Gasteiger partial charge >= 0.3 is 6.18 Å². The molecule has 0 fully saturated rings. The Morgan fingerprint density at radius 1 is 1.24 bits per heavy atom. The van der Waals surface area contributed by atoms with E-state index in [0.29, 0.717) is 23.4 Å². The summed E-state index contributed by atoms with van der Waals surface area (Å²) in [5.41, 5.74) is 0.342. The Balaban J connectivity index is 1.94. The molecular formula is C20H19F3N4O2. The molecule has 9 heteroatoms. The Bertz CT molecular complexity index is 1130. The lowest BCUT2D eigenvalue weighted by Crippen LogP contribution is -2.19. The van der Waals surface area contributed by atoms with E-state index < -0.39 is 17.6 Å². The molecule has 0 aliphatic heterocycles. The Kier molecular flexibility index (Phi) is 5.32. The Hall–Kier alpha value is -3.36. The molecule has 152 valence electrons. The third-order valence-corrected chi connectivity index (χ3v) is 4.55. The van der Waals surface area contributed by atoms with E-state index >= 15 is 0 Å². The van der Waals surface area contributed by atoms with Crippen LogP contribution in [0.4, 0.5) is 18.9 Å². The van der Waals surface area contributed by atoms with Crippen LogP contribution in [0.15, 0.2) is 41.3 Å². The predicted molar refractivity (Wildman–Crippen MR) is 102 cm³/mol. The lowest BCUT2D eigenvalue weighted by molar-refractivity contribution is -0.136. The number of anilines is 1. The molecule has 1 amide bonds. The number of para-hydroxylation sites is 1. The van der Waals surface area contributed by atoms with Crippen molar-refractivity contribution in [2.24, 2.45) is 0 Å². The molecule has 0 bridgehead atoms. The van der Waals surface area contributed by atoms with Gasteiger partial charge in [-0.15, -0.1) is 0 Å². The molecule has 0 saturated carbocycles. The number of hydrogen-bond donors (Lipinski definition) is 2. The average molecular weight is 404 g/mol. The van der Waals surface area contributed by atoms with Gasteiger partial charge in [-0.2, -0.15) is 13.2 Å². The monoisotopic (exact) mass is 404 g/mol. The maximum atomic E-state index is 13.1. The molecule has 2 N–H and O–H groups in total. The number of carbonyl (C=O) groups excluding carboxylic acids is 1. The van der Waals surface area contributed by atoms with Crippen LogP contribution in [-0.4, -0.2) is 20.4 Å². The molecule has 3 aromatic rings. The number of aromatic nitrogens is 3. The lowest BCUT2D eigenvalue weighted by atomic mass is 10.1. The van der Waals surface area contributed by atoms with Crippen LogP contribution >= 0.6 is 0 Å². The predicted octanol–water partition coefficient (Wildman–Crippen LogP) is 4.01. The van der Waals surface area contributed by atoms with Crippen molar-refractivity contribution in [2.75, 3.05) is 5.32 Å². The molecule has 6 nitrogen and oxygen atoms in total. The van der Waals surface area contributed by atoms with Crippen molar-refractivity contribution in [3.63, 3.8) is 0 Å². The lowest BCUT2D eigenvalue weighted by Gasteiger charge is -2.13. The second-order valence-electron chi connectivity index (χ2n) is 6.54. The number of carbonyl (C=O) groups is 1. The maximum Gasteiger partial charge on any atom is 0.418 e. The second kappa shape index (κ2) is 7.57. The zero-order chi connectivity index (χ0) is 21.3. The van der Waals surface area contributed by atoms with Crippen LogP contribution in [0, 0.1) is 13.8 Å². The normalized spacial score (nSPS) is 11.5. The summed E-state index contributed by atoms with van der Waals surface area (Å²) in [6.45, 7) is 5.27. The third-order valence-electron chi connectivity index (χ3n) is 4.55. The summed E-state index contributed by atoms with van der Waals surface area (Å²) in [7, 11) is 0. The number of halogens is 3. The van der Waals surface area contributed by atoms with Crippen LogP contribution in [0.5, 0.6) is 0 Å². The van der Waals surface area contributed by atoms with Crippen molar-refractivity contribution in [2.45, 2.75) is 33.4 Å². The van der Waals surface area contributed by atoms with Crippen LogP contribution in [0.2, 0.25) is 0 Å². The summed E-state index contributed by atoms with van der Waals surface area (Å²) in [5, 5.41) is 2.30. The van der Waals surface area contributed by atoms with Crippen LogP contribution in [-0.2, 0) is 12.6 Å². The van der Waals surface area contributed by atoms with Gasteiger partial charge in [-0.1, -0.05) is 19.1 Å². The minimum atomic E-state index is -4.59. The number of nitrogens with one attached hydrogen (secondary N) is 2. The molecule has 29 heavy (non-hydrogen) atoms. The SMILES string of the molecule is CCc1c(C)nc(-n2cc(C(=O)Nc3ccccc3C(F)(F)F)cc2C)[nH]c1=O. The smallest absolute Gasteiger partial charge is 0.321 e. The Morgan fingerprint density at radius 3 is 2.55 bits per heavy atom. The van der Waals surface area contributed by atoms with Crippen molar-refractivity contribution < 1.29 is 18.0 Å². The number of H-pyrrole nitrogens is 1. The zero-order valence-electron chi connectivity index (χ0n) is 16.0. The first-order chi connectivity index (χ1) is 13.6. The molecule has 0 unspecified atom stereocenters. The molecule has 0 spiro atoms. The van der Waals surface area contributed by atoms with Gasteiger partial charge in [0, 0.05) is 23.1 Å². The largest absolute Gasteiger partial charge is 0.418 e. The molecule has 0 saturated heterocycles. The number of alkyl halides is 3. The van der Waals surface area contributed by atoms with Crippen molar-refractivity contribution >= 4 is 11.6 Å². The average Bonchev–Trinajstić information content (AvgIpc) is 3.03. The highest BCUT2D eigenvalue weighted by atomic mass is 19.4. The highest BCUT2D eigenvalue weighted by Gasteiger charge is 2.33. The van der Waals surface area contributed by atoms with E-state index in [1.54, 1.807) is 13.8 Å². The van der Waals surface area contributed by atoms with Gasteiger partial charge in [-0.05, 0) is 38.5 Å². The number of hydrogen-bond acceptors (Lipinski definition) is 3. The highest BCUT2D eigenvalue weighted by Crippen LogP contribution is 2.34. The molecule has 1 aromatic carbocycles. The fourth-order valence-electron chi connectivity index (χ4n) is 3.08. The summed E-state index contributed by atoms with van der Waals surface area (Å²) in [4.78, 5) is 31.8. The van der Waals surface area contributed by atoms with E-state index in [1.807, 2.05) is 6.92 Å². The first kappa shape index (κ1) is 20.4. The number of aromatic amines is 1. The number of aryl methyl sites for hydroxylation is 2. The van der Waals surface area contributed by atoms with Gasteiger partial charge in [-0.25, -0.2) is 4.98 Å². The van der Waals surface area contributed by atoms with E-state index in [-0.39, 0.29) is 22.8 Å². The maximum absolute atomic E-state index is 13.1. The fourth-order valence-corrected chi connectivity index (χ4v) is 3.08. The summed E-state index contributed by atoms with van der Waals surface area (Å²) >= 11 is 0. The van der Waals surface area contributed by atoms with Gasteiger partial charge in [0.1, 0.15) is 0 Å². The summed E-state index contributed by atoms with van der Waals surface area (Å²) in [6.07, 6.45) is -2.64. The minimum Gasteiger partial charge on any atom is -0.321 e. The quantitative estimate of drug-likeness (QED) is 0.690. The second-order valence-corrected chi connectivity index (χ2v) is 6.54. The minimum absolute atomic E-state index is 0.138. The fraction of sp³-hybridized carbons (Fsp3) is 0.250. The van der Waals surface area contributed by atoms with Crippen molar-refractivity contribution in [3.8, 4) is 5.95 Å². The van der Waals surface area contributed by atoms with E-state index in [2.05, 4.69) is 15.3 Å². The Labute approximate surface area is 164 Å². The highest BCUT2D eigenvalue weighted by molar-refractivity contribution is 6.04. The molecule has 2 heterocycles. The topological polar surface area (TPSA) is 79.8 Å². The standard InChI is InChI=1S/C20H19F3N4O2/c1-4-14-12(3)24-19(26-18(14)29)27-10-13(9-11(27)2)17(28)25-16-8-6-5-7-15(16)20(21,22)23/h5-10H,4H2,1-3H3,(H,25,28)(H,24,26,29). The van der Waals surface area contributed by atoms with Crippen molar-refractivity contribution in [3.05, 3.63) is 75.0 Å². The third kappa shape index (κ3) is 4.08. The van der Waals surface area contributed by atoms with Crippen LogP contribution in [0.3, 0.4) is 0 Å². The summed E-state index contributed by atoms with van der Waals surface area (Å²) in [6, 6.07) is 6.27. The number of nitrogens with zero attached hydrogens (tertiary/aromatic N) is 2. The van der Waals surface area contributed by atoms with E-state index in [9.17, 15) is 22.8 Å². The number of rotatable bonds is 4. The van der Waals surface area contributed by atoms with Gasteiger partial charge in [0.2, 0.25) is 5.95 Å². The molecular weight excluding hydrogens is 385 g/mol. The van der Waals surface area contributed by atoms with Crippen LogP contribution in [0.1, 0.15) is 39.8 Å². The first-order valence-electron chi connectivity index (χ1n) is 8.88. The summed E-state index contributed by atoms with van der Waals surface area (Å²) in [5.74, 6) is -0.468. The molecule has 3 rings (SSSR count). The Morgan fingerprint density at radius 2 is 1.93 bits per heavy atom. The van der Waals surface area contributed by atoms with Gasteiger partial charge < -0.3 is 5.32 Å². The molecule has 2 aromatic heterocycles. The van der Waals surface area contributed by atoms with E-state index in [4.69, 9.17) is 0 Å².